The Morgan fingerprint density at radius 1 is 1.31 bits per heavy atom. The maximum atomic E-state index is 12.9. The van der Waals surface area contributed by atoms with Crippen LogP contribution in [0.25, 0.3) is 6.08 Å². The van der Waals surface area contributed by atoms with Crippen molar-refractivity contribution in [1.82, 2.24) is 14.8 Å². The molecule has 0 bridgehead atoms. The zero-order valence-electron chi connectivity index (χ0n) is 15.3. The van der Waals surface area contributed by atoms with Gasteiger partial charge in [0.25, 0.3) is 0 Å². The summed E-state index contributed by atoms with van der Waals surface area (Å²) in [7, 11) is 2.13. The first kappa shape index (κ1) is 16.9. The third-order valence-corrected chi connectivity index (χ3v) is 5.88. The molecule has 6 heteroatoms. The van der Waals surface area contributed by atoms with Crippen LogP contribution in [-0.2, 0) is 6.42 Å². The molecular weight excluding hydrogens is 326 g/mol. The van der Waals surface area contributed by atoms with Gasteiger partial charge >= 0.3 is 6.03 Å². The second-order valence-electron chi connectivity index (χ2n) is 7.49. The number of nitrogens with zero attached hydrogens (tertiary/aromatic N) is 5. The number of aromatic nitrogens is 1. The summed E-state index contributed by atoms with van der Waals surface area (Å²) in [6.45, 7) is 2.83. The topological polar surface area (TPSA) is 63.5 Å². The van der Waals surface area contributed by atoms with Crippen molar-refractivity contribution < 1.29 is 4.79 Å². The molecule has 0 N–H and O–H groups in total. The number of allylic oxidation sites excluding steroid dienone is 1. The fraction of sp³-hybridized carbons (Fsp3) is 0.550. The molecule has 3 heterocycles. The van der Waals surface area contributed by atoms with Crippen LogP contribution in [0.15, 0.2) is 18.3 Å². The van der Waals surface area contributed by atoms with E-state index in [1.165, 1.54) is 11.3 Å². The largest absolute Gasteiger partial charge is 0.369 e. The molecule has 26 heavy (non-hydrogen) atoms. The number of urea groups is 1. The number of amides is 2. The van der Waals surface area contributed by atoms with Gasteiger partial charge in [0, 0.05) is 63.1 Å². The predicted octanol–water partition coefficient (Wildman–Crippen LogP) is 2.52. The van der Waals surface area contributed by atoms with Gasteiger partial charge < -0.3 is 14.7 Å². The number of piperidine rings is 1. The van der Waals surface area contributed by atoms with E-state index in [2.05, 4.69) is 41.2 Å². The van der Waals surface area contributed by atoms with Crippen molar-refractivity contribution in [2.45, 2.75) is 31.7 Å². The van der Waals surface area contributed by atoms with Crippen molar-refractivity contribution in [2.75, 3.05) is 38.1 Å². The maximum Gasteiger partial charge on any atom is 0.320 e. The number of likely N-dealkylation sites (tertiary alicyclic amines) is 2. The summed E-state index contributed by atoms with van der Waals surface area (Å²) in [6, 6.07) is 4.77. The van der Waals surface area contributed by atoms with E-state index in [0.717, 1.165) is 44.5 Å². The van der Waals surface area contributed by atoms with Gasteiger partial charge in [-0.25, -0.2) is 4.79 Å². The molecule has 136 valence electrons. The van der Waals surface area contributed by atoms with Crippen molar-refractivity contribution in [2.24, 2.45) is 5.92 Å². The Balaban J connectivity index is 1.46. The minimum absolute atomic E-state index is 0.00611. The molecule has 2 amide bonds. The van der Waals surface area contributed by atoms with Crippen LogP contribution >= 0.6 is 0 Å². The summed E-state index contributed by atoms with van der Waals surface area (Å²) in [5.41, 5.74) is 3.56. The first-order valence-corrected chi connectivity index (χ1v) is 9.48. The normalized spacial score (nSPS) is 24.5. The minimum atomic E-state index is -0.00611. The third-order valence-electron chi connectivity index (χ3n) is 5.88. The molecule has 1 aromatic rings. The van der Waals surface area contributed by atoms with E-state index in [1.54, 1.807) is 0 Å². The van der Waals surface area contributed by atoms with Crippen LogP contribution in [0.4, 0.5) is 10.5 Å². The summed E-state index contributed by atoms with van der Waals surface area (Å²) in [5, 5.41) is 9.07. The summed E-state index contributed by atoms with van der Waals surface area (Å²) in [5.74, 6) is -0.00611. The van der Waals surface area contributed by atoms with Crippen LogP contribution in [-0.4, -0.2) is 60.1 Å². The zero-order valence-corrected chi connectivity index (χ0v) is 15.3. The van der Waals surface area contributed by atoms with Gasteiger partial charge in [0.1, 0.15) is 0 Å². The molecule has 0 spiro atoms. The molecule has 2 saturated heterocycles. The van der Waals surface area contributed by atoms with E-state index < -0.39 is 0 Å². The molecule has 1 aliphatic carbocycles. The zero-order chi connectivity index (χ0) is 18.1. The monoisotopic (exact) mass is 351 g/mol. The molecule has 0 aromatic carbocycles. The van der Waals surface area contributed by atoms with Gasteiger partial charge in [0.2, 0.25) is 0 Å². The lowest BCUT2D eigenvalue weighted by molar-refractivity contribution is 0.146. The second-order valence-corrected chi connectivity index (χ2v) is 7.49. The number of rotatable bonds is 2. The standard InChI is InChI=1S/C20H25N5O/c1-23(19-7-9-22-18-6-2-5-17(18)19)16-4-3-10-24(14-16)20(26)25-11-8-15(12-21)13-25/h2,5,7,9,15-16H,3-4,6,8,10-11,13-14H2,1H3. The number of carbonyl (C=O) groups is 1. The quantitative estimate of drug-likeness (QED) is 0.821. The summed E-state index contributed by atoms with van der Waals surface area (Å²) in [6.07, 6.45) is 10.0. The molecule has 2 fully saturated rings. The lowest BCUT2D eigenvalue weighted by Crippen LogP contribution is -2.52. The van der Waals surface area contributed by atoms with Crippen LogP contribution < -0.4 is 4.90 Å². The Morgan fingerprint density at radius 3 is 2.96 bits per heavy atom. The SMILES string of the molecule is CN(c1ccnc2c1C=CC2)C1CCCN(C(=O)N2CCC(C#N)C2)C1. The average Bonchev–Trinajstić information content (AvgIpc) is 3.35. The van der Waals surface area contributed by atoms with Crippen LogP contribution in [0.3, 0.4) is 0 Å². The highest BCUT2D eigenvalue weighted by Gasteiger charge is 2.33. The molecule has 2 atom stereocenters. The number of pyridine rings is 1. The van der Waals surface area contributed by atoms with Crippen molar-refractivity contribution in [3.05, 3.63) is 29.6 Å². The van der Waals surface area contributed by atoms with Gasteiger partial charge in [0.05, 0.1) is 17.7 Å². The number of likely N-dealkylation sites (N-methyl/N-ethyl adjacent to an activating group) is 1. The van der Waals surface area contributed by atoms with E-state index in [-0.39, 0.29) is 11.9 Å². The van der Waals surface area contributed by atoms with Gasteiger partial charge in [-0.15, -0.1) is 0 Å². The third kappa shape index (κ3) is 3.03. The Labute approximate surface area is 154 Å². The van der Waals surface area contributed by atoms with Crippen LogP contribution in [0, 0.1) is 17.2 Å². The minimum Gasteiger partial charge on any atom is -0.369 e. The molecule has 2 unspecified atom stereocenters. The van der Waals surface area contributed by atoms with Gasteiger partial charge in [-0.1, -0.05) is 12.2 Å². The van der Waals surface area contributed by atoms with Crippen LogP contribution in [0.1, 0.15) is 30.5 Å². The molecular formula is C20H25N5O. The Hall–Kier alpha value is -2.55. The maximum absolute atomic E-state index is 12.9. The van der Waals surface area contributed by atoms with E-state index in [4.69, 9.17) is 5.26 Å². The van der Waals surface area contributed by atoms with Crippen molar-refractivity contribution in [1.29, 1.82) is 5.26 Å². The van der Waals surface area contributed by atoms with Crippen molar-refractivity contribution >= 4 is 17.8 Å². The molecule has 1 aromatic heterocycles. The summed E-state index contributed by atoms with van der Waals surface area (Å²) in [4.78, 5) is 23.5. The van der Waals surface area contributed by atoms with E-state index >= 15 is 0 Å². The number of fused-ring (bicyclic) bond motifs is 1. The van der Waals surface area contributed by atoms with E-state index in [9.17, 15) is 4.79 Å². The number of nitriles is 1. The lowest BCUT2D eigenvalue weighted by Gasteiger charge is -2.40. The predicted molar refractivity (Wildman–Crippen MR) is 101 cm³/mol. The van der Waals surface area contributed by atoms with Crippen LogP contribution in [0.5, 0.6) is 0 Å². The van der Waals surface area contributed by atoms with E-state index in [0.29, 0.717) is 19.1 Å². The molecule has 4 rings (SSSR count). The molecule has 0 radical (unpaired) electrons. The fourth-order valence-electron chi connectivity index (χ4n) is 4.33. The first-order valence-electron chi connectivity index (χ1n) is 9.48. The molecule has 2 aliphatic heterocycles. The average molecular weight is 351 g/mol. The smallest absolute Gasteiger partial charge is 0.320 e. The Morgan fingerprint density at radius 2 is 2.15 bits per heavy atom. The fourth-order valence-corrected chi connectivity index (χ4v) is 4.33. The van der Waals surface area contributed by atoms with Gasteiger partial charge in [-0.3, -0.25) is 4.98 Å². The highest BCUT2D eigenvalue weighted by molar-refractivity contribution is 5.75. The highest BCUT2D eigenvalue weighted by Crippen LogP contribution is 2.31. The number of hydrogen-bond donors (Lipinski definition) is 0. The van der Waals surface area contributed by atoms with Gasteiger partial charge in [-0.05, 0) is 25.3 Å². The number of anilines is 1. The summed E-state index contributed by atoms with van der Waals surface area (Å²) < 4.78 is 0. The van der Waals surface area contributed by atoms with Gasteiger partial charge in [-0.2, -0.15) is 5.26 Å². The number of carbonyl (C=O) groups excluding carboxylic acids is 1. The lowest BCUT2D eigenvalue weighted by atomic mass is 10.0. The first-order chi connectivity index (χ1) is 12.7. The van der Waals surface area contributed by atoms with Crippen molar-refractivity contribution in [3.8, 4) is 6.07 Å². The Bertz CT molecular complexity index is 768. The van der Waals surface area contributed by atoms with Crippen LogP contribution in [0.2, 0.25) is 0 Å². The molecule has 6 nitrogen and oxygen atoms in total. The highest BCUT2D eigenvalue weighted by atomic mass is 16.2. The molecule has 3 aliphatic rings. The van der Waals surface area contributed by atoms with E-state index in [1.807, 2.05) is 16.0 Å². The summed E-state index contributed by atoms with van der Waals surface area (Å²) >= 11 is 0. The molecule has 0 saturated carbocycles. The Kier molecular flexibility index (Phi) is 4.54. The second kappa shape index (κ2) is 6.99. The van der Waals surface area contributed by atoms with Crippen molar-refractivity contribution in [3.63, 3.8) is 0 Å². The van der Waals surface area contributed by atoms with Gasteiger partial charge in [0.15, 0.2) is 0 Å². The number of hydrogen-bond acceptors (Lipinski definition) is 4.